The predicted octanol–water partition coefficient (Wildman–Crippen LogP) is 3.46. The van der Waals surface area contributed by atoms with Crippen LogP contribution in [0.15, 0.2) is 91.0 Å². The standard InChI is InChI=1S/C6H13O5P.3C6H5.Sn/c1-3-10-12(9,11-4-2)5-6(7)8;3*1-2-4-6-5-3-1;/h3-5H2,1-2H3,(H,7,8);3*1-5H;/q;;;;+1/p-1. The van der Waals surface area contributed by atoms with Crippen molar-refractivity contribution in [2.45, 2.75) is 13.8 Å². The van der Waals surface area contributed by atoms with Gasteiger partial charge in [-0.15, -0.1) is 0 Å². The zero-order valence-electron chi connectivity index (χ0n) is 17.8. The van der Waals surface area contributed by atoms with E-state index in [-0.39, 0.29) is 13.2 Å². The molecule has 0 amide bonds. The monoisotopic (exact) mass is 546 g/mol. The normalized spacial score (nSPS) is 11.8. The van der Waals surface area contributed by atoms with Crippen molar-refractivity contribution in [1.82, 2.24) is 0 Å². The molecule has 0 aliphatic rings. The van der Waals surface area contributed by atoms with Gasteiger partial charge in [-0.1, -0.05) is 0 Å². The van der Waals surface area contributed by atoms with Crippen LogP contribution in [0.2, 0.25) is 0 Å². The van der Waals surface area contributed by atoms with Gasteiger partial charge < -0.3 is 0 Å². The zero-order valence-corrected chi connectivity index (χ0v) is 21.5. The minimum absolute atomic E-state index is 0.190. The Balaban J connectivity index is 2.12. The molecule has 31 heavy (non-hydrogen) atoms. The van der Waals surface area contributed by atoms with E-state index >= 15 is 0 Å². The molecular formula is C24H27O5PSn. The average molecular weight is 545 g/mol. The molecule has 0 bridgehead atoms. The summed E-state index contributed by atoms with van der Waals surface area (Å²) in [6, 6.07) is 29.6. The molecule has 3 aromatic rings. The Labute approximate surface area is 188 Å². The van der Waals surface area contributed by atoms with Gasteiger partial charge in [-0.25, -0.2) is 0 Å². The fraction of sp³-hybridized carbons (Fsp3) is 0.208. The van der Waals surface area contributed by atoms with E-state index in [9.17, 15) is 9.36 Å². The number of hydrogen-bond acceptors (Lipinski definition) is 5. The van der Waals surface area contributed by atoms with Crippen LogP contribution in [-0.2, 0) is 21.5 Å². The summed E-state index contributed by atoms with van der Waals surface area (Å²) < 4.78 is 33.0. The van der Waals surface area contributed by atoms with Crippen molar-refractivity contribution >= 4 is 43.1 Å². The Kier molecular flexibility index (Phi) is 8.49. The summed E-state index contributed by atoms with van der Waals surface area (Å²) in [7, 11) is -3.58. The summed E-state index contributed by atoms with van der Waals surface area (Å²) in [5.41, 5.74) is 0. The molecule has 0 unspecified atom stereocenters. The molecular weight excluding hydrogens is 518 g/mol. The first kappa shape index (κ1) is 23.7. The average Bonchev–Trinajstić information content (AvgIpc) is 2.79. The van der Waals surface area contributed by atoms with Gasteiger partial charge >= 0.3 is 189 Å². The third-order valence-corrected chi connectivity index (χ3v) is 18.1. The Morgan fingerprint density at radius 3 is 1.39 bits per heavy atom. The molecule has 0 fully saturated rings. The zero-order chi connectivity index (χ0) is 22.2. The van der Waals surface area contributed by atoms with Gasteiger partial charge in [0.2, 0.25) is 0 Å². The van der Waals surface area contributed by atoms with Gasteiger partial charge in [0.25, 0.3) is 0 Å². The minimum atomic E-state index is -4.24. The van der Waals surface area contributed by atoms with Crippen LogP contribution >= 0.6 is 7.60 Å². The van der Waals surface area contributed by atoms with Gasteiger partial charge in [-0.2, -0.15) is 0 Å². The van der Waals surface area contributed by atoms with E-state index in [2.05, 4.69) is 0 Å². The Morgan fingerprint density at radius 2 is 1.06 bits per heavy atom. The van der Waals surface area contributed by atoms with Gasteiger partial charge in [-0.3, -0.25) is 0 Å². The molecule has 0 atom stereocenters. The number of rotatable bonds is 10. The summed E-state index contributed by atoms with van der Waals surface area (Å²) in [5.74, 6) is -0.572. The number of hydrogen-bond donors (Lipinski definition) is 0. The van der Waals surface area contributed by atoms with Crippen LogP contribution < -0.4 is 10.7 Å². The van der Waals surface area contributed by atoms with Crippen LogP contribution in [0.3, 0.4) is 0 Å². The van der Waals surface area contributed by atoms with Crippen LogP contribution in [0.1, 0.15) is 13.8 Å². The molecule has 0 saturated heterocycles. The second-order valence-electron chi connectivity index (χ2n) is 6.86. The second kappa shape index (κ2) is 11.1. The predicted molar refractivity (Wildman–Crippen MR) is 126 cm³/mol. The summed E-state index contributed by atoms with van der Waals surface area (Å²) in [5, 5.41) is 0. The fourth-order valence-electron chi connectivity index (χ4n) is 3.58. The molecule has 0 aliphatic carbocycles. The van der Waals surface area contributed by atoms with Gasteiger partial charge in [0.05, 0.1) is 0 Å². The molecule has 3 aromatic carbocycles. The molecule has 0 N–H and O–H groups in total. The Bertz CT molecular complexity index is 905. The summed E-state index contributed by atoms with van der Waals surface area (Å²) in [6.07, 6.45) is -0.417. The molecule has 3 rings (SSSR count). The van der Waals surface area contributed by atoms with E-state index in [0.29, 0.717) is 0 Å². The van der Waals surface area contributed by atoms with Crippen molar-refractivity contribution in [2.75, 3.05) is 19.4 Å². The second-order valence-corrected chi connectivity index (χ2v) is 18.3. The van der Waals surface area contributed by atoms with E-state index < -0.39 is 38.5 Å². The summed E-state index contributed by atoms with van der Waals surface area (Å²) in [6.45, 7) is 3.82. The first-order valence-electron chi connectivity index (χ1n) is 10.3. The number of benzene rings is 3. The molecule has 0 heterocycles. The van der Waals surface area contributed by atoms with E-state index in [1.807, 2.05) is 91.0 Å². The molecule has 7 heteroatoms. The van der Waals surface area contributed by atoms with Gasteiger partial charge in [0.1, 0.15) is 0 Å². The van der Waals surface area contributed by atoms with E-state index in [1.165, 1.54) is 0 Å². The topological polar surface area (TPSA) is 61.8 Å². The Morgan fingerprint density at radius 1 is 0.710 bits per heavy atom. The third kappa shape index (κ3) is 5.66. The number of carbonyl (C=O) groups excluding carboxylic acids is 1. The van der Waals surface area contributed by atoms with Gasteiger partial charge in [-0.05, 0) is 0 Å². The third-order valence-electron chi connectivity index (χ3n) is 4.78. The molecule has 0 radical (unpaired) electrons. The van der Waals surface area contributed by atoms with Crippen molar-refractivity contribution in [3.05, 3.63) is 91.0 Å². The quantitative estimate of drug-likeness (QED) is 0.289. The van der Waals surface area contributed by atoms with Crippen molar-refractivity contribution in [3.63, 3.8) is 0 Å². The van der Waals surface area contributed by atoms with Crippen molar-refractivity contribution in [1.29, 1.82) is 0 Å². The van der Waals surface area contributed by atoms with Crippen molar-refractivity contribution < 1.29 is 21.5 Å². The van der Waals surface area contributed by atoms with Gasteiger partial charge in [0.15, 0.2) is 0 Å². The SMILES string of the molecule is CCOP(=O)(CC(=O)[O][Sn]([c]1ccccc1)([c]1ccccc1)[c]1ccccc1)OCC. The van der Waals surface area contributed by atoms with E-state index in [0.717, 1.165) is 10.7 Å². The maximum atomic E-state index is 13.2. The summed E-state index contributed by atoms with van der Waals surface area (Å²) >= 11 is -4.24. The van der Waals surface area contributed by atoms with Crippen LogP contribution in [0, 0.1) is 0 Å². The van der Waals surface area contributed by atoms with Gasteiger partial charge in [0, 0.05) is 0 Å². The fourth-order valence-corrected chi connectivity index (χ4v) is 16.1. The van der Waals surface area contributed by atoms with Crippen LogP contribution in [-0.4, -0.2) is 44.1 Å². The van der Waals surface area contributed by atoms with Crippen LogP contribution in [0.5, 0.6) is 0 Å². The summed E-state index contributed by atoms with van der Waals surface area (Å²) in [4.78, 5) is 13.2. The van der Waals surface area contributed by atoms with Crippen LogP contribution in [0.25, 0.3) is 0 Å². The Hall–Kier alpha value is -1.92. The molecule has 5 nitrogen and oxygen atoms in total. The number of carbonyl (C=O) groups is 1. The molecule has 0 aliphatic heterocycles. The van der Waals surface area contributed by atoms with E-state index in [4.69, 9.17) is 12.1 Å². The molecule has 162 valence electrons. The van der Waals surface area contributed by atoms with Crippen LogP contribution in [0.4, 0.5) is 0 Å². The first-order chi connectivity index (χ1) is 15.0. The molecule has 0 aromatic heterocycles. The maximum absolute atomic E-state index is 13.2. The van der Waals surface area contributed by atoms with E-state index in [1.54, 1.807) is 13.8 Å². The molecule has 0 saturated carbocycles. The molecule has 0 spiro atoms. The first-order valence-corrected chi connectivity index (χ1v) is 17.5. The van der Waals surface area contributed by atoms with Crippen molar-refractivity contribution in [3.8, 4) is 0 Å². The van der Waals surface area contributed by atoms with Crippen molar-refractivity contribution in [2.24, 2.45) is 0 Å².